The van der Waals surface area contributed by atoms with Gasteiger partial charge in [0.05, 0.1) is 12.6 Å². The Morgan fingerprint density at radius 1 is 1.45 bits per heavy atom. The Kier molecular flexibility index (Phi) is 7.28. The molecular weight excluding hydrogens is 326 g/mol. The van der Waals surface area contributed by atoms with Gasteiger partial charge in [-0.2, -0.15) is 11.8 Å². The molecule has 128 valence electrons. The highest BCUT2D eigenvalue weighted by molar-refractivity contribution is 7.98. The lowest BCUT2D eigenvalue weighted by molar-refractivity contribution is -0.136. The van der Waals surface area contributed by atoms with Gasteiger partial charge in [-0.3, -0.25) is 4.79 Å². The monoisotopic (exact) mass is 351 g/mol. The van der Waals surface area contributed by atoms with Crippen molar-refractivity contribution in [1.29, 1.82) is 0 Å². The van der Waals surface area contributed by atoms with Gasteiger partial charge < -0.3 is 20.3 Å². The van der Waals surface area contributed by atoms with E-state index in [4.69, 9.17) is 10.5 Å². The first kappa shape index (κ1) is 19.4. The van der Waals surface area contributed by atoms with Crippen molar-refractivity contribution in [3.8, 4) is 0 Å². The van der Waals surface area contributed by atoms with E-state index in [2.05, 4.69) is 0 Å². The van der Waals surface area contributed by atoms with Crippen molar-refractivity contribution in [3.63, 3.8) is 0 Å². The molecule has 0 unspecified atom stereocenters. The molecule has 0 aromatic rings. The highest BCUT2D eigenvalue weighted by Crippen LogP contribution is 2.33. The molecule has 0 saturated carbocycles. The summed E-state index contributed by atoms with van der Waals surface area (Å²) in [5, 5.41) is 0. The van der Waals surface area contributed by atoms with Crippen molar-refractivity contribution >= 4 is 36.2 Å². The summed E-state index contributed by atoms with van der Waals surface area (Å²) in [6, 6.07) is -0.412. The molecular formula is C14H26ClN3O3S. The second kappa shape index (κ2) is 8.26. The van der Waals surface area contributed by atoms with Gasteiger partial charge in [0.25, 0.3) is 0 Å². The Hall–Kier alpha value is -0.660. The van der Waals surface area contributed by atoms with E-state index in [-0.39, 0.29) is 24.4 Å². The zero-order chi connectivity index (χ0) is 15.5. The van der Waals surface area contributed by atoms with Crippen LogP contribution < -0.4 is 5.73 Å². The van der Waals surface area contributed by atoms with Gasteiger partial charge in [-0.1, -0.05) is 0 Å². The third kappa shape index (κ3) is 4.20. The van der Waals surface area contributed by atoms with Crippen molar-refractivity contribution in [2.45, 2.75) is 37.8 Å². The van der Waals surface area contributed by atoms with E-state index in [9.17, 15) is 9.59 Å². The maximum Gasteiger partial charge on any atom is 0.410 e. The number of likely N-dealkylation sites (N-methyl/N-ethyl adjacent to an activating group) is 1. The summed E-state index contributed by atoms with van der Waals surface area (Å²) in [5.41, 5.74) is 5.55. The molecule has 2 amide bonds. The first-order chi connectivity index (χ1) is 10.0. The Morgan fingerprint density at radius 2 is 2.09 bits per heavy atom. The predicted molar refractivity (Wildman–Crippen MR) is 90.5 cm³/mol. The largest absolute Gasteiger partial charge is 0.441 e. The number of piperidine rings is 1. The fourth-order valence-corrected chi connectivity index (χ4v) is 3.42. The van der Waals surface area contributed by atoms with Crippen molar-refractivity contribution in [1.82, 2.24) is 9.80 Å². The Labute approximate surface area is 142 Å². The summed E-state index contributed by atoms with van der Waals surface area (Å²) < 4.78 is 5.56. The molecule has 2 fully saturated rings. The van der Waals surface area contributed by atoms with Crippen LogP contribution in [-0.2, 0) is 9.53 Å². The first-order valence-corrected chi connectivity index (χ1v) is 8.92. The van der Waals surface area contributed by atoms with Crippen molar-refractivity contribution in [3.05, 3.63) is 0 Å². The van der Waals surface area contributed by atoms with E-state index in [1.54, 1.807) is 16.7 Å². The third-order valence-electron chi connectivity index (χ3n) is 4.36. The molecule has 2 saturated heterocycles. The maximum atomic E-state index is 12.3. The molecule has 22 heavy (non-hydrogen) atoms. The van der Waals surface area contributed by atoms with E-state index in [1.807, 2.05) is 18.1 Å². The Balaban J connectivity index is 0.00000242. The lowest BCUT2D eigenvalue weighted by atomic mass is 9.91. The highest BCUT2D eigenvalue weighted by atomic mass is 35.5. The number of nitrogens with zero attached hydrogens (tertiary/aromatic N) is 2. The molecule has 0 aliphatic carbocycles. The molecule has 0 aromatic heterocycles. The molecule has 1 spiro atoms. The minimum absolute atomic E-state index is 0. The van der Waals surface area contributed by atoms with Crippen molar-refractivity contribution < 1.29 is 14.3 Å². The van der Waals surface area contributed by atoms with Gasteiger partial charge >= 0.3 is 6.09 Å². The lowest BCUT2D eigenvalue weighted by Crippen LogP contribution is -2.52. The quantitative estimate of drug-likeness (QED) is 0.808. The Morgan fingerprint density at radius 3 is 2.59 bits per heavy atom. The molecule has 6 nitrogen and oxygen atoms in total. The van der Waals surface area contributed by atoms with Gasteiger partial charge in [-0.05, 0) is 25.4 Å². The second-order valence-electron chi connectivity index (χ2n) is 5.78. The van der Waals surface area contributed by atoms with Crippen LogP contribution in [0.5, 0.6) is 0 Å². The Bertz CT molecular complexity index is 403. The molecule has 0 radical (unpaired) electrons. The predicted octanol–water partition coefficient (Wildman–Crippen LogP) is 1.32. The number of carbonyl (C=O) groups is 2. The van der Waals surface area contributed by atoms with E-state index < -0.39 is 11.6 Å². The molecule has 2 rings (SSSR count). The third-order valence-corrected chi connectivity index (χ3v) is 5.00. The average Bonchev–Trinajstić information content (AvgIpc) is 2.80. The minimum atomic E-state index is -0.412. The first-order valence-electron chi connectivity index (χ1n) is 7.52. The minimum Gasteiger partial charge on any atom is -0.441 e. The van der Waals surface area contributed by atoms with Crippen LogP contribution >= 0.6 is 24.2 Å². The van der Waals surface area contributed by atoms with Crippen LogP contribution in [0.15, 0.2) is 0 Å². The van der Waals surface area contributed by atoms with Gasteiger partial charge in [0.1, 0.15) is 5.60 Å². The van der Waals surface area contributed by atoms with Crippen LogP contribution in [-0.4, -0.2) is 71.6 Å². The number of halogens is 1. The number of hydrogen-bond donors (Lipinski definition) is 1. The highest BCUT2D eigenvalue weighted by Gasteiger charge is 2.47. The number of carbonyl (C=O) groups excluding carboxylic acids is 2. The van der Waals surface area contributed by atoms with E-state index in [1.165, 1.54) is 0 Å². The zero-order valence-electron chi connectivity index (χ0n) is 13.2. The summed E-state index contributed by atoms with van der Waals surface area (Å²) in [6.07, 6.45) is 3.90. The molecule has 0 bridgehead atoms. The summed E-state index contributed by atoms with van der Waals surface area (Å²) in [5.74, 6) is 0.920. The zero-order valence-corrected chi connectivity index (χ0v) is 14.9. The molecule has 2 aliphatic rings. The summed E-state index contributed by atoms with van der Waals surface area (Å²) in [4.78, 5) is 27.5. The number of hydrogen-bond acceptors (Lipinski definition) is 5. The van der Waals surface area contributed by atoms with Gasteiger partial charge in [0, 0.05) is 32.5 Å². The van der Waals surface area contributed by atoms with Crippen LogP contribution in [0.25, 0.3) is 0 Å². The van der Waals surface area contributed by atoms with E-state index in [0.717, 1.165) is 5.75 Å². The number of rotatable bonds is 5. The second-order valence-corrected chi connectivity index (χ2v) is 6.76. The molecule has 1 atom stereocenters. The van der Waals surface area contributed by atoms with E-state index in [0.29, 0.717) is 45.4 Å². The maximum absolute atomic E-state index is 12.3. The fraction of sp³-hybridized carbons (Fsp3) is 0.857. The van der Waals surface area contributed by atoms with E-state index >= 15 is 0 Å². The number of ether oxygens (including phenoxy) is 1. The average molecular weight is 352 g/mol. The molecule has 2 N–H and O–H groups in total. The normalized spacial score (nSPS) is 21.5. The number of nitrogens with two attached hydrogens (primary N) is 1. The smallest absolute Gasteiger partial charge is 0.410 e. The van der Waals surface area contributed by atoms with Crippen molar-refractivity contribution in [2.75, 3.05) is 38.2 Å². The van der Waals surface area contributed by atoms with Gasteiger partial charge in [0.2, 0.25) is 5.91 Å². The molecule has 8 heteroatoms. The van der Waals surface area contributed by atoms with Gasteiger partial charge in [-0.15, -0.1) is 12.4 Å². The number of likely N-dealkylation sites (tertiary alicyclic amines) is 1. The van der Waals surface area contributed by atoms with Gasteiger partial charge in [0.15, 0.2) is 0 Å². The topological polar surface area (TPSA) is 75.9 Å². The van der Waals surface area contributed by atoms with Crippen LogP contribution in [0.1, 0.15) is 26.2 Å². The SMILES string of the molecule is CCN1CC2(CCN(C(=O)[C@@H](N)CCSC)CC2)OC1=O.Cl. The van der Waals surface area contributed by atoms with Crippen LogP contribution in [0.3, 0.4) is 0 Å². The van der Waals surface area contributed by atoms with Crippen LogP contribution in [0, 0.1) is 0 Å². The summed E-state index contributed by atoms with van der Waals surface area (Å²) >= 11 is 1.70. The molecule has 2 aliphatic heterocycles. The van der Waals surface area contributed by atoms with Gasteiger partial charge in [-0.25, -0.2) is 4.79 Å². The lowest BCUT2D eigenvalue weighted by Gasteiger charge is -2.38. The number of thioether (sulfide) groups is 1. The molecule has 2 heterocycles. The summed E-state index contributed by atoms with van der Waals surface area (Å²) in [7, 11) is 0. The summed E-state index contributed by atoms with van der Waals surface area (Å²) in [6.45, 7) is 4.50. The van der Waals surface area contributed by atoms with Crippen molar-refractivity contribution in [2.24, 2.45) is 5.73 Å². The number of amides is 2. The fourth-order valence-electron chi connectivity index (χ4n) is 2.93. The van der Waals surface area contributed by atoms with Crippen LogP contribution in [0.2, 0.25) is 0 Å². The molecule has 0 aromatic carbocycles. The standard InChI is InChI=1S/C14H25N3O3S.ClH/c1-3-16-10-14(20-13(16)19)5-7-17(8-6-14)12(18)11(15)4-9-21-2;/h11H,3-10,15H2,1-2H3;1H/t11-;/m0./s1. The van der Waals surface area contributed by atoms with Crippen LogP contribution in [0.4, 0.5) is 4.79 Å².